The Bertz CT molecular complexity index is 653. The van der Waals surface area contributed by atoms with Gasteiger partial charge in [0.1, 0.15) is 0 Å². The van der Waals surface area contributed by atoms with Gasteiger partial charge in [0.05, 0.1) is 11.3 Å². The van der Waals surface area contributed by atoms with Gasteiger partial charge >= 0.3 is 0 Å². The molecule has 0 radical (unpaired) electrons. The molecule has 1 atom stereocenters. The molecule has 0 saturated heterocycles. The van der Waals surface area contributed by atoms with Gasteiger partial charge in [-0.3, -0.25) is 4.79 Å². The van der Waals surface area contributed by atoms with E-state index in [2.05, 4.69) is 11.4 Å². The number of amides is 1. The number of para-hydroxylation sites is 1. The fourth-order valence-corrected chi connectivity index (χ4v) is 2.27. The highest BCUT2D eigenvalue weighted by molar-refractivity contribution is 5.98. The van der Waals surface area contributed by atoms with Crippen LogP contribution in [0, 0.1) is 6.92 Å². The summed E-state index contributed by atoms with van der Waals surface area (Å²) < 4.78 is 0. The van der Waals surface area contributed by atoms with Gasteiger partial charge in [-0.25, -0.2) is 0 Å². The third-order valence-electron chi connectivity index (χ3n) is 3.48. The second kappa shape index (κ2) is 6.31. The van der Waals surface area contributed by atoms with Gasteiger partial charge in [0, 0.05) is 6.04 Å². The number of phenolic OH excluding ortho intramolecular Hbond substituents is 1. The number of hydrogen-bond donors (Lipinski definition) is 3. The topological polar surface area (TPSA) is 75.4 Å². The quantitative estimate of drug-likeness (QED) is 0.597. The second-order valence-electron chi connectivity index (χ2n) is 5.25. The largest absolute Gasteiger partial charge is 0.505 e. The van der Waals surface area contributed by atoms with Gasteiger partial charge in [-0.2, -0.15) is 0 Å². The molecule has 0 aliphatic rings. The number of phenols is 1. The normalized spacial score (nSPS) is 11.9. The number of nitrogens with two attached hydrogens (primary N) is 1. The molecule has 2 aromatic carbocycles. The lowest BCUT2D eigenvalue weighted by molar-refractivity contribution is 0.0937. The number of carbonyl (C=O) groups is 1. The maximum Gasteiger partial charge on any atom is 0.255 e. The van der Waals surface area contributed by atoms with Crippen LogP contribution in [0.25, 0.3) is 0 Å². The van der Waals surface area contributed by atoms with E-state index in [0.29, 0.717) is 0 Å². The van der Waals surface area contributed by atoms with Gasteiger partial charge in [0.2, 0.25) is 0 Å². The summed E-state index contributed by atoms with van der Waals surface area (Å²) >= 11 is 0. The van der Waals surface area contributed by atoms with Crippen LogP contribution in [0.1, 0.15) is 28.4 Å². The number of hydrogen-bond acceptors (Lipinski definition) is 3. The minimum atomic E-state index is -0.319. The number of anilines is 1. The number of rotatable bonds is 4. The highest BCUT2D eigenvalue weighted by atomic mass is 16.3. The van der Waals surface area contributed by atoms with Crippen molar-refractivity contribution < 1.29 is 9.90 Å². The van der Waals surface area contributed by atoms with Crippen molar-refractivity contribution in [3.63, 3.8) is 0 Å². The minimum Gasteiger partial charge on any atom is -0.505 e. The lowest BCUT2D eigenvalue weighted by Gasteiger charge is -2.16. The van der Waals surface area contributed by atoms with Crippen molar-refractivity contribution in [2.45, 2.75) is 26.3 Å². The molecule has 0 fully saturated rings. The van der Waals surface area contributed by atoms with Crippen LogP contribution in [-0.2, 0) is 6.42 Å². The number of nitrogens with one attached hydrogen (secondary N) is 1. The molecule has 2 aromatic rings. The Hall–Kier alpha value is -2.49. The molecular weight excluding hydrogens is 264 g/mol. The van der Waals surface area contributed by atoms with Crippen molar-refractivity contribution in [3.8, 4) is 5.75 Å². The summed E-state index contributed by atoms with van der Waals surface area (Å²) in [6.45, 7) is 3.99. The zero-order valence-electron chi connectivity index (χ0n) is 12.3. The van der Waals surface area contributed by atoms with E-state index in [1.54, 1.807) is 18.2 Å². The predicted molar refractivity (Wildman–Crippen MR) is 84.3 cm³/mol. The molecule has 0 bridgehead atoms. The summed E-state index contributed by atoms with van der Waals surface area (Å²) in [7, 11) is 0. The zero-order valence-corrected chi connectivity index (χ0v) is 12.3. The molecule has 0 aliphatic carbocycles. The summed E-state index contributed by atoms with van der Waals surface area (Å²) in [6, 6.07) is 12.8. The first-order valence-electron chi connectivity index (χ1n) is 6.92. The minimum absolute atomic E-state index is 0.0422. The first-order valence-corrected chi connectivity index (χ1v) is 6.92. The number of aromatic hydroxyl groups is 1. The molecule has 0 spiro atoms. The summed E-state index contributed by atoms with van der Waals surface area (Å²) in [6.07, 6.45) is 0.738. The molecule has 0 aromatic heterocycles. The number of nitrogen functional groups attached to an aromatic ring is 1. The van der Waals surface area contributed by atoms with Gasteiger partial charge in [-0.05, 0) is 43.5 Å². The summed E-state index contributed by atoms with van der Waals surface area (Å²) in [5, 5.41) is 12.7. The fourth-order valence-electron chi connectivity index (χ4n) is 2.27. The SMILES string of the molecule is Cc1ccccc1CC(C)NC(=O)c1cccc(N)c1O. The van der Waals surface area contributed by atoms with E-state index >= 15 is 0 Å². The van der Waals surface area contributed by atoms with Crippen LogP contribution in [0.5, 0.6) is 5.75 Å². The second-order valence-corrected chi connectivity index (χ2v) is 5.25. The molecule has 4 heteroatoms. The van der Waals surface area contributed by atoms with Crippen LogP contribution in [0.3, 0.4) is 0 Å². The highest BCUT2D eigenvalue weighted by Gasteiger charge is 2.15. The fraction of sp³-hybridized carbons (Fsp3) is 0.235. The molecule has 110 valence electrons. The highest BCUT2D eigenvalue weighted by Crippen LogP contribution is 2.24. The average molecular weight is 284 g/mol. The zero-order chi connectivity index (χ0) is 15.4. The van der Waals surface area contributed by atoms with E-state index in [0.717, 1.165) is 6.42 Å². The van der Waals surface area contributed by atoms with E-state index in [1.807, 2.05) is 32.0 Å². The van der Waals surface area contributed by atoms with Crippen molar-refractivity contribution in [3.05, 3.63) is 59.2 Å². The van der Waals surface area contributed by atoms with E-state index in [9.17, 15) is 9.90 Å². The van der Waals surface area contributed by atoms with E-state index in [1.165, 1.54) is 11.1 Å². The molecule has 0 aliphatic heterocycles. The van der Waals surface area contributed by atoms with E-state index in [4.69, 9.17) is 5.73 Å². The standard InChI is InChI=1S/C17H20N2O2/c1-11-6-3-4-7-13(11)10-12(2)19-17(21)14-8-5-9-15(18)16(14)20/h3-9,12,20H,10,18H2,1-2H3,(H,19,21). The van der Waals surface area contributed by atoms with Crippen molar-refractivity contribution >= 4 is 11.6 Å². The van der Waals surface area contributed by atoms with Crippen molar-refractivity contribution in [2.24, 2.45) is 0 Å². The predicted octanol–water partition coefficient (Wildman–Crippen LogP) is 2.64. The lowest BCUT2D eigenvalue weighted by atomic mass is 10.0. The van der Waals surface area contributed by atoms with Crippen molar-refractivity contribution in [1.29, 1.82) is 0 Å². The third kappa shape index (κ3) is 3.54. The van der Waals surface area contributed by atoms with Gasteiger partial charge in [0.25, 0.3) is 5.91 Å². The maximum absolute atomic E-state index is 12.2. The third-order valence-corrected chi connectivity index (χ3v) is 3.48. The van der Waals surface area contributed by atoms with Gasteiger partial charge in [0.15, 0.2) is 5.75 Å². The number of aryl methyl sites for hydroxylation is 1. The number of benzene rings is 2. The molecule has 0 saturated carbocycles. The summed E-state index contributed by atoms with van der Waals surface area (Å²) in [5.74, 6) is -0.487. The van der Waals surface area contributed by atoms with E-state index in [-0.39, 0.29) is 28.9 Å². The van der Waals surface area contributed by atoms with Gasteiger partial charge < -0.3 is 16.2 Å². The maximum atomic E-state index is 12.2. The molecule has 1 unspecified atom stereocenters. The summed E-state index contributed by atoms with van der Waals surface area (Å²) in [4.78, 5) is 12.2. The molecule has 2 rings (SSSR count). The molecule has 21 heavy (non-hydrogen) atoms. The van der Waals surface area contributed by atoms with Gasteiger partial charge in [-0.15, -0.1) is 0 Å². The Morgan fingerprint density at radius 3 is 2.67 bits per heavy atom. The Balaban J connectivity index is 2.06. The van der Waals surface area contributed by atoms with Crippen LogP contribution >= 0.6 is 0 Å². The molecule has 4 N–H and O–H groups in total. The Labute approximate surface area is 124 Å². The number of carbonyl (C=O) groups excluding carboxylic acids is 1. The van der Waals surface area contributed by atoms with Crippen LogP contribution in [0.2, 0.25) is 0 Å². The van der Waals surface area contributed by atoms with Crippen LogP contribution in [0.4, 0.5) is 5.69 Å². The Morgan fingerprint density at radius 2 is 1.95 bits per heavy atom. The monoisotopic (exact) mass is 284 g/mol. The Kier molecular flexibility index (Phi) is 4.48. The van der Waals surface area contributed by atoms with Crippen LogP contribution in [0.15, 0.2) is 42.5 Å². The van der Waals surface area contributed by atoms with Crippen molar-refractivity contribution in [2.75, 3.05) is 5.73 Å². The Morgan fingerprint density at radius 1 is 1.24 bits per heavy atom. The summed E-state index contributed by atoms with van der Waals surface area (Å²) in [5.41, 5.74) is 8.40. The molecule has 1 amide bonds. The first kappa shape index (κ1) is 14.9. The smallest absolute Gasteiger partial charge is 0.255 e. The van der Waals surface area contributed by atoms with Crippen molar-refractivity contribution in [1.82, 2.24) is 5.32 Å². The van der Waals surface area contributed by atoms with E-state index < -0.39 is 0 Å². The van der Waals surface area contributed by atoms with Crippen LogP contribution < -0.4 is 11.1 Å². The first-order chi connectivity index (χ1) is 9.99. The van der Waals surface area contributed by atoms with Crippen LogP contribution in [-0.4, -0.2) is 17.1 Å². The molecule has 4 nitrogen and oxygen atoms in total. The molecule has 0 heterocycles. The lowest BCUT2D eigenvalue weighted by Crippen LogP contribution is -2.34. The van der Waals surface area contributed by atoms with Gasteiger partial charge in [-0.1, -0.05) is 30.3 Å². The average Bonchev–Trinajstić information content (AvgIpc) is 2.44. The molecular formula is C17H20N2O2.